The number of amides is 1. The van der Waals surface area contributed by atoms with Crippen LogP contribution in [0.5, 0.6) is 0 Å². The van der Waals surface area contributed by atoms with Crippen LogP contribution in [-0.4, -0.2) is 22.6 Å². The van der Waals surface area contributed by atoms with E-state index in [0.717, 1.165) is 5.56 Å². The molecule has 0 bridgehead atoms. The third-order valence-electron chi connectivity index (χ3n) is 2.50. The van der Waals surface area contributed by atoms with Gasteiger partial charge in [0.15, 0.2) is 5.82 Å². The van der Waals surface area contributed by atoms with Crippen molar-refractivity contribution in [3.8, 4) is 0 Å². The van der Waals surface area contributed by atoms with E-state index in [0.29, 0.717) is 18.8 Å². The molecule has 3 N–H and O–H groups in total. The van der Waals surface area contributed by atoms with E-state index in [-0.39, 0.29) is 5.91 Å². The predicted octanol–water partition coefficient (Wildman–Crippen LogP) is 0.428. The molecule has 6 nitrogen and oxygen atoms in total. The second-order valence-electron chi connectivity index (χ2n) is 3.78. The van der Waals surface area contributed by atoms with E-state index >= 15 is 0 Å². The lowest BCUT2D eigenvalue weighted by Crippen LogP contribution is -2.35. The van der Waals surface area contributed by atoms with Gasteiger partial charge >= 0.3 is 0 Å². The Morgan fingerprint density at radius 1 is 1.39 bits per heavy atom. The fourth-order valence-electron chi connectivity index (χ4n) is 1.52. The summed E-state index contributed by atoms with van der Waals surface area (Å²) in [5, 5.41) is 6.38. The maximum absolute atomic E-state index is 11.8. The smallest absolute Gasteiger partial charge is 0.241 e. The Balaban J connectivity index is 1.81. The number of aromatic nitrogens is 2. The number of nitrogens with zero attached hydrogens (tertiary/aromatic N) is 2. The van der Waals surface area contributed by atoms with Gasteiger partial charge in [0.05, 0.1) is 0 Å². The van der Waals surface area contributed by atoms with Gasteiger partial charge in [0.25, 0.3) is 0 Å². The highest BCUT2D eigenvalue weighted by Crippen LogP contribution is 2.08. The molecule has 0 unspecified atom stereocenters. The van der Waals surface area contributed by atoms with Gasteiger partial charge in [0.1, 0.15) is 6.04 Å². The van der Waals surface area contributed by atoms with Crippen molar-refractivity contribution in [1.82, 2.24) is 15.5 Å². The van der Waals surface area contributed by atoms with E-state index in [9.17, 15) is 4.79 Å². The first-order chi connectivity index (χ1) is 8.77. The maximum Gasteiger partial charge on any atom is 0.241 e. The van der Waals surface area contributed by atoms with Crippen LogP contribution < -0.4 is 11.1 Å². The molecular formula is C12H14N4O2. The number of hydrogen-bond donors (Lipinski definition) is 2. The molecule has 0 spiro atoms. The Hall–Kier alpha value is -2.21. The molecule has 2 rings (SSSR count). The summed E-state index contributed by atoms with van der Waals surface area (Å²) in [4.78, 5) is 15.6. The molecule has 0 saturated carbocycles. The fraction of sp³-hybridized carbons (Fsp3) is 0.250. The van der Waals surface area contributed by atoms with Crippen molar-refractivity contribution < 1.29 is 9.32 Å². The largest absolute Gasteiger partial charge is 0.354 e. The topological polar surface area (TPSA) is 94.0 Å². The van der Waals surface area contributed by atoms with Crippen molar-refractivity contribution in [1.29, 1.82) is 0 Å². The molecule has 0 aliphatic heterocycles. The van der Waals surface area contributed by atoms with Crippen molar-refractivity contribution >= 4 is 5.91 Å². The lowest BCUT2D eigenvalue weighted by atomic mass is 10.1. The Labute approximate surface area is 104 Å². The number of benzene rings is 1. The monoisotopic (exact) mass is 246 g/mol. The molecule has 0 aliphatic rings. The summed E-state index contributed by atoms with van der Waals surface area (Å²) < 4.78 is 4.59. The van der Waals surface area contributed by atoms with Gasteiger partial charge in [-0.3, -0.25) is 4.79 Å². The summed E-state index contributed by atoms with van der Waals surface area (Å²) in [6.45, 7) is 0.429. The van der Waals surface area contributed by atoms with E-state index < -0.39 is 6.04 Å². The summed E-state index contributed by atoms with van der Waals surface area (Å²) in [6.07, 6.45) is 1.77. The van der Waals surface area contributed by atoms with Crippen LogP contribution in [-0.2, 0) is 11.2 Å². The average molecular weight is 246 g/mol. The molecule has 1 heterocycles. The second kappa shape index (κ2) is 5.92. The molecular weight excluding hydrogens is 232 g/mol. The molecule has 1 amide bonds. The molecule has 0 radical (unpaired) electrons. The van der Waals surface area contributed by atoms with Gasteiger partial charge < -0.3 is 15.6 Å². The van der Waals surface area contributed by atoms with Crippen LogP contribution in [0, 0.1) is 0 Å². The molecule has 1 aromatic carbocycles. The molecule has 18 heavy (non-hydrogen) atoms. The van der Waals surface area contributed by atoms with Gasteiger partial charge in [0, 0.05) is 13.0 Å². The Morgan fingerprint density at radius 2 is 2.17 bits per heavy atom. The molecule has 0 saturated heterocycles. The lowest BCUT2D eigenvalue weighted by Gasteiger charge is -2.11. The van der Waals surface area contributed by atoms with Gasteiger partial charge in [-0.2, -0.15) is 4.98 Å². The van der Waals surface area contributed by atoms with Gasteiger partial charge in [-0.15, -0.1) is 0 Å². The highest BCUT2D eigenvalue weighted by atomic mass is 16.5. The first kappa shape index (κ1) is 12.3. The second-order valence-corrected chi connectivity index (χ2v) is 3.78. The van der Waals surface area contributed by atoms with Crippen LogP contribution in [0.1, 0.15) is 17.4 Å². The summed E-state index contributed by atoms with van der Waals surface area (Å²) >= 11 is 0. The minimum Gasteiger partial charge on any atom is -0.354 e. The zero-order valence-corrected chi connectivity index (χ0v) is 9.74. The van der Waals surface area contributed by atoms with E-state index in [4.69, 9.17) is 5.73 Å². The molecule has 1 atom stereocenters. The van der Waals surface area contributed by atoms with Crippen molar-refractivity contribution in [2.45, 2.75) is 12.5 Å². The number of nitrogens with one attached hydrogen (secondary N) is 1. The number of rotatable bonds is 5. The number of carbonyl (C=O) groups is 1. The molecule has 0 aliphatic carbocycles. The van der Waals surface area contributed by atoms with Crippen LogP contribution in [0.3, 0.4) is 0 Å². The van der Waals surface area contributed by atoms with Crippen molar-refractivity contribution in [2.24, 2.45) is 5.73 Å². The van der Waals surface area contributed by atoms with E-state index in [1.807, 2.05) is 30.3 Å². The van der Waals surface area contributed by atoms with E-state index in [1.54, 1.807) is 0 Å². The standard InChI is InChI=1S/C12H14N4O2/c13-11(9-4-2-1-3-5-9)12(17)14-7-6-10-15-8-18-16-10/h1-5,8,11H,6-7,13H2,(H,14,17)/t11-/m1/s1. The Kier molecular flexibility index (Phi) is 4.03. The third kappa shape index (κ3) is 3.14. The zero-order valence-electron chi connectivity index (χ0n) is 9.74. The van der Waals surface area contributed by atoms with Crippen LogP contribution in [0.2, 0.25) is 0 Å². The quantitative estimate of drug-likeness (QED) is 0.797. The van der Waals surface area contributed by atoms with Crippen LogP contribution >= 0.6 is 0 Å². The summed E-state index contributed by atoms with van der Waals surface area (Å²) in [7, 11) is 0. The Bertz CT molecular complexity index is 484. The van der Waals surface area contributed by atoms with Crippen LogP contribution in [0.25, 0.3) is 0 Å². The SMILES string of the molecule is N[C@@H](C(=O)NCCc1ncon1)c1ccccc1. The highest BCUT2D eigenvalue weighted by molar-refractivity contribution is 5.82. The molecule has 2 aromatic rings. The minimum atomic E-state index is -0.656. The molecule has 0 fully saturated rings. The van der Waals surface area contributed by atoms with E-state index in [1.165, 1.54) is 6.39 Å². The van der Waals surface area contributed by atoms with Crippen molar-refractivity contribution in [3.05, 3.63) is 48.1 Å². The third-order valence-corrected chi connectivity index (χ3v) is 2.50. The summed E-state index contributed by atoms with van der Waals surface area (Å²) in [6, 6.07) is 8.57. The lowest BCUT2D eigenvalue weighted by molar-refractivity contribution is -0.122. The summed E-state index contributed by atoms with van der Waals surface area (Å²) in [5.74, 6) is 0.341. The molecule has 6 heteroatoms. The first-order valence-corrected chi connectivity index (χ1v) is 5.61. The van der Waals surface area contributed by atoms with Crippen molar-refractivity contribution in [3.63, 3.8) is 0 Å². The minimum absolute atomic E-state index is 0.218. The number of nitrogens with two attached hydrogens (primary N) is 1. The van der Waals surface area contributed by atoms with E-state index in [2.05, 4.69) is 20.0 Å². The Morgan fingerprint density at radius 3 is 2.83 bits per heavy atom. The van der Waals surface area contributed by atoms with Crippen molar-refractivity contribution in [2.75, 3.05) is 6.54 Å². The van der Waals surface area contributed by atoms with Gasteiger partial charge in [-0.05, 0) is 5.56 Å². The van der Waals surface area contributed by atoms with Gasteiger partial charge in [-0.25, -0.2) is 0 Å². The zero-order chi connectivity index (χ0) is 12.8. The normalized spacial score (nSPS) is 12.1. The average Bonchev–Trinajstić information content (AvgIpc) is 2.92. The van der Waals surface area contributed by atoms with Crippen LogP contribution in [0.4, 0.5) is 0 Å². The highest BCUT2D eigenvalue weighted by Gasteiger charge is 2.14. The molecule has 1 aromatic heterocycles. The summed E-state index contributed by atoms with van der Waals surface area (Å²) in [5.41, 5.74) is 6.62. The predicted molar refractivity (Wildman–Crippen MR) is 64.4 cm³/mol. The van der Waals surface area contributed by atoms with Gasteiger partial charge in [0.2, 0.25) is 12.3 Å². The maximum atomic E-state index is 11.8. The number of carbonyl (C=O) groups excluding carboxylic acids is 1. The number of hydrogen-bond acceptors (Lipinski definition) is 5. The van der Waals surface area contributed by atoms with Gasteiger partial charge in [-0.1, -0.05) is 35.5 Å². The first-order valence-electron chi connectivity index (χ1n) is 5.61. The molecule has 94 valence electrons. The fourth-order valence-corrected chi connectivity index (χ4v) is 1.52. The van der Waals surface area contributed by atoms with Crippen LogP contribution in [0.15, 0.2) is 41.2 Å².